The van der Waals surface area contributed by atoms with Gasteiger partial charge in [0.1, 0.15) is 5.82 Å². The van der Waals surface area contributed by atoms with E-state index >= 15 is 0 Å². The molecule has 0 heterocycles. The largest absolute Gasteiger partial charge is 0.478 e. The van der Waals surface area contributed by atoms with Crippen molar-refractivity contribution in [3.63, 3.8) is 0 Å². The lowest BCUT2D eigenvalue weighted by atomic mass is 10.1. The van der Waals surface area contributed by atoms with Crippen LogP contribution in [-0.2, 0) is 0 Å². The van der Waals surface area contributed by atoms with Gasteiger partial charge in [0.15, 0.2) is 0 Å². The van der Waals surface area contributed by atoms with E-state index in [1.807, 2.05) is 0 Å². The Labute approximate surface area is 109 Å². The summed E-state index contributed by atoms with van der Waals surface area (Å²) in [5, 5.41) is 11.9. The molecule has 5 heteroatoms. The number of halogens is 1. The van der Waals surface area contributed by atoms with Crippen LogP contribution in [0.15, 0.2) is 36.4 Å². The number of carboxylic acids is 1. The molecule has 0 fully saturated rings. The maximum absolute atomic E-state index is 13.2. The minimum absolute atomic E-state index is 0.135. The Morgan fingerprint density at radius 1 is 1.26 bits per heavy atom. The van der Waals surface area contributed by atoms with Crippen LogP contribution in [0.3, 0.4) is 0 Å². The number of hydrogen-bond donors (Lipinski definition) is 3. The molecule has 4 nitrogen and oxygen atoms in total. The highest BCUT2D eigenvalue weighted by atomic mass is 19.1. The average Bonchev–Trinajstić information content (AvgIpc) is 2.36. The predicted octanol–water partition coefficient (Wildman–Crippen LogP) is 3.16. The maximum Gasteiger partial charge on any atom is 0.335 e. The summed E-state index contributed by atoms with van der Waals surface area (Å²) >= 11 is 0. The second-order valence-electron chi connectivity index (χ2n) is 4.20. The standard InChI is InChI=1S/C14H13FN2O2/c1-8-6-10(3-4-11(8)15)17-13-7-9(14(18)19)2-5-12(13)16/h2-7,17H,16H2,1H3,(H,18,19). The summed E-state index contributed by atoms with van der Waals surface area (Å²) in [7, 11) is 0. The first-order valence-corrected chi connectivity index (χ1v) is 5.63. The number of anilines is 3. The van der Waals surface area contributed by atoms with Gasteiger partial charge in [0.05, 0.1) is 16.9 Å². The fourth-order valence-corrected chi connectivity index (χ4v) is 1.68. The summed E-state index contributed by atoms with van der Waals surface area (Å²) in [6.07, 6.45) is 0. The normalized spacial score (nSPS) is 10.2. The van der Waals surface area contributed by atoms with E-state index < -0.39 is 5.97 Å². The first-order valence-electron chi connectivity index (χ1n) is 5.63. The highest BCUT2D eigenvalue weighted by Gasteiger charge is 2.07. The van der Waals surface area contributed by atoms with Crippen LogP contribution in [0.5, 0.6) is 0 Å². The molecule has 0 amide bonds. The quantitative estimate of drug-likeness (QED) is 0.741. The number of rotatable bonds is 3. The molecule has 0 radical (unpaired) electrons. The van der Waals surface area contributed by atoms with Crippen molar-refractivity contribution in [1.82, 2.24) is 0 Å². The van der Waals surface area contributed by atoms with Crippen LogP contribution in [0.4, 0.5) is 21.5 Å². The molecule has 2 rings (SSSR count). The monoisotopic (exact) mass is 260 g/mol. The number of aryl methyl sites for hydroxylation is 1. The Bertz CT molecular complexity index is 641. The van der Waals surface area contributed by atoms with Crippen LogP contribution < -0.4 is 11.1 Å². The predicted molar refractivity (Wildman–Crippen MR) is 72.2 cm³/mol. The Balaban J connectivity index is 2.34. The summed E-state index contributed by atoms with van der Waals surface area (Å²) in [5.41, 5.74) is 7.96. The topological polar surface area (TPSA) is 75.3 Å². The third-order valence-electron chi connectivity index (χ3n) is 2.74. The molecule has 2 aromatic rings. The van der Waals surface area contributed by atoms with Crippen LogP contribution in [0.2, 0.25) is 0 Å². The van der Waals surface area contributed by atoms with Gasteiger partial charge < -0.3 is 16.2 Å². The van der Waals surface area contributed by atoms with Gasteiger partial charge in [-0.15, -0.1) is 0 Å². The van der Waals surface area contributed by atoms with E-state index in [-0.39, 0.29) is 11.4 Å². The Morgan fingerprint density at radius 3 is 2.63 bits per heavy atom. The summed E-state index contributed by atoms with van der Waals surface area (Å²) in [4.78, 5) is 10.9. The van der Waals surface area contributed by atoms with E-state index in [0.717, 1.165) is 0 Å². The van der Waals surface area contributed by atoms with Crippen molar-refractivity contribution in [3.8, 4) is 0 Å². The van der Waals surface area contributed by atoms with Gasteiger partial charge in [-0.1, -0.05) is 0 Å². The molecule has 0 aliphatic carbocycles. The van der Waals surface area contributed by atoms with E-state index in [0.29, 0.717) is 22.6 Å². The summed E-state index contributed by atoms with van der Waals surface area (Å²) in [6, 6.07) is 8.92. The van der Waals surface area contributed by atoms with Gasteiger partial charge >= 0.3 is 5.97 Å². The second-order valence-corrected chi connectivity index (χ2v) is 4.20. The summed E-state index contributed by atoms with van der Waals surface area (Å²) in [6.45, 7) is 1.65. The number of nitrogen functional groups attached to an aromatic ring is 1. The van der Waals surface area contributed by atoms with Crippen molar-refractivity contribution >= 4 is 23.0 Å². The Hall–Kier alpha value is -2.56. The zero-order valence-electron chi connectivity index (χ0n) is 10.3. The smallest absolute Gasteiger partial charge is 0.335 e. The number of benzene rings is 2. The molecule has 0 spiro atoms. The van der Waals surface area contributed by atoms with Crippen molar-refractivity contribution in [2.75, 3.05) is 11.1 Å². The molecule has 0 bridgehead atoms. The minimum atomic E-state index is -1.03. The SMILES string of the molecule is Cc1cc(Nc2cc(C(=O)O)ccc2N)ccc1F. The zero-order valence-corrected chi connectivity index (χ0v) is 10.3. The first kappa shape index (κ1) is 12.9. The summed E-state index contributed by atoms with van der Waals surface area (Å²) in [5.74, 6) is -1.32. The van der Waals surface area contributed by atoms with Crippen molar-refractivity contribution in [2.45, 2.75) is 6.92 Å². The van der Waals surface area contributed by atoms with Gasteiger partial charge in [-0.25, -0.2) is 9.18 Å². The fraction of sp³-hybridized carbons (Fsp3) is 0.0714. The molecule has 19 heavy (non-hydrogen) atoms. The average molecular weight is 260 g/mol. The van der Waals surface area contributed by atoms with Crippen LogP contribution in [-0.4, -0.2) is 11.1 Å². The molecule has 2 aromatic carbocycles. The van der Waals surface area contributed by atoms with Crippen LogP contribution in [0.1, 0.15) is 15.9 Å². The van der Waals surface area contributed by atoms with Gasteiger partial charge in [0.2, 0.25) is 0 Å². The van der Waals surface area contributed by atoms with Gasteiger partial charge in [-0.3, -0.25) is 0 Å². The molecule has 4 N–H and O–H groups in total. The molecule has 0 unspecified atom stereocenters. The molecule has 98 valence electrons. The van der Waals surface area contributed by atoms with E-state index in [1.54, 1.807) is 19.1 Å². The zero-order chi connectivity index (χ0) is 14.0. The van der Waals surface area contributed by atoms with Crippen molar-refractivity contribution in [1.29, 1.82) is 0 Å². The lowest BCUT2D eigenvalue weighted by Crippen LogP contribution is -2.01. The van der Waals surface area contributed by atoms with Crippen molar-refractivity contribution in [3.05, 3.63) is 53.3 Å². The third kappa shape index (κ3) is 2.82. The number of hydrogen-bond acceptors (Lipinski definition) is 3. The number of carbonyl (C=O) groups is 1. The van der Waals surface area contributed by atoms with E-state index in [2.05, 4.69) is 5.32 Å². The summed E-state index contributed by atoms with van der Waals surface area (Å²) < 4.78 is 13.2. The maximum atomic E-state index is 13.2. The van der Waals surface area contributed by atoms with E-state index in [1.165, 1.54) is 24.3 Å². The first-order chi connectivity index (χ1) is 8.97. The van der Waals surface area contributed by atoms with Crippen LogP contribution >= 0.6 is 0 Å². The molecule has 0 aromatic heterocycles. The van der Waals surface area contributed by atoms with E-state index in [9.17, 15) is 9.18 Å². The lowest BCUT2D eigenvalue weighted by Gasteiger charge is -2.11. The molecular weight excluding hydrogens is 247 g/mol. The molecule has 0 atom stereocenters. The molecule has 0 saturated carbocycles. The number of carboxylic acid groups (broad SMARTS) is 1. The molecular formula is C14H13FN2O2. The highest BCUT2D eigenvalue weighted by molar-refractivity contribution is 5.91. The molecule has 0 aliphatic rings. The van der Waals surface area contributed by atoms with Gasteiger partial charge in [-0.05, 0) is 48.9 Å². The Morgan fingerprint density at radius 2 is 2.00 bits per heavy atom. The highest BCUT2D eigenvalue weighted by Crippen LogP contribution is 2.25. The molecule has 0 aliphatic heterocycles. The van der Waals surface area contributed by atoms with Gasteiger partial charge in [0, 0.05) is 5.69 Å². The Kier molecular flexibility index (Phi) is 3.37. The number of nitrogens with two attached hydrogens (primary N) is 1. The van der Waals surface area contributed by atoms with E-state index in [4.69, 9.17) is 10.8 Å². The molecule has 0 saturated heterocycles. The van der Waals surface area contributed by atoms with Gasteiger partial charge in [-0.2, -0.15) is 0 Å². The number of aromatic carboxylic acids is 1. The van der Waals surface area contributed by atoms with Crippen molar-refractivity contribution in [2.24, 2.45) is 0 Å². The fourth-order valence-electron chi connectivity index (χ4n) is 1.68. The van der Waals surface area contributed by atoms with Crippen LogP contribution in [0, 0.1) is 12.7 Å². The van der Waals surface area contributed by atoms with Crippen LogP contribution in [0.25, 0.3) is 0 Å². The van der Waals surface area contributed by atoms with Crippen molar-refractivity contribution < 1.29 is 14.3 Å². The van der Waals surface area contributed by atoms with Gasteiger partial charge in [0.25, 0.3) is 0 Å². The third-order valence-corrected chi connectivity index (χ3v) is 2.74. The number of nitrogens with one attached hydrogen (secondary N) is 1. The minimum Gasteiger partial charge on any atom is -0.478 e. The lowest BCUT2D eigenvalue weighted by molar-refractivity contribution is 0.0697. The second kappa shape index (κ2) is 4.97.